The summed E-state index contributed by atoms with van der Waals surface area (Å²) in [6, 6.07) is 9.16. The first-order chi connectivity index (χ1) is 12.1. The van der Waals surface area contributed by atoms with Crippen LogP contribution in [0.5, 0.6) is 0 Å². The third kappa shape index (κ3) is 6.34. The van der Waals surface area contributed by atoms with E-state index >= 15 is 0 Å². The molecule has 1 fully saturated rings. The molecule has 0 bridgehead atoms. The number of hydrogen-bond donors (Lipinski definition) is 0. The smallest absolute Gasteiger partial charge is 0.338 e. The van der Waals surface area contributed by atoms with Gasteiger partial charge in [-0.15, -0.1) is 0 Å². The number of allylic oxidation sites excluding steroid dienone is 2. The minimum absolute atomic E-state index is 0.0227. The van der Waals surface area contributed by atoms with E-state index < -0.39 is 5.83 Å². The van der Waals surface area contributed by atoms with Gasteiger partial charge in [0, 0.05) is 0 Å². The monoisotopic (exact) mass is 343 g/mol. The molecule has 0 heterocycles. The SMILES string of the molecule is CCCc1ccc(C(=O)OC2CCC(CC/C=C(/F)C#N)CC2)cc1. The molecule has 1 aliphatic rings. The van der Waals surface area contributed by atoms with Crippen LogP contribution in [0.3, 0.4) is 0 Å². The van der Waals surface area contributed by atoms with Crippen molar-refractivity contribution in [3.05, 3.63) is 47.3 Å². The van der Waals surface area contributed by atoms with Gasteiger partial charge in [0.25, 0.3) is 0 Å². The zero-order valence-electron chi connectivity index (χ0n) is 14.8. The van der Waals surface area contributed by atoms with E-state index in [2.05, 4.69) is 6.92 Å². The van der Waals surface area contributed by atoms with Gasteiger partial charge in [-0.05, 0) is 74.6 Å². The lowest BCUT2D eigenvalue weighted by Crippen LogP contribution is -2.24. The summed E-state index contributed by atoms with van der Waals surface area (Å²) in [5, 5.41) is 8.38. The normalized spacial score (nSPS) is 20.8. The molecule has 0 amide bonds. The van der Waals surface area contributed by atoms with Crippen LogP contribution in [-0.4, -0.2) is 12.1 Å². The Balaban J connectivity index is 1.74. The van der Waals surface area contributed by atoms with E-state index in [1.165, 1.54) is 17.7 Å². The summed E-state index contributed by atoms with van der Waals surface area (Å²) in [5.74, 6) is -0.427. The van der Waals surface area contributed by atoms with Crippen LogP contribution in [0.4, 0.5) is 4.39 Å². The Morgan fingerprint density at radius 2 is 1.96 bits per heavy atom. The standard InChI is InChI=1S/C21H26FNO2/c1-2-4-16-7-11-18(12-8-16)21(24)25-20-13-9-17(10-14-20)5-3-6-19(22)15-23/h6-8,11-12,17,20H,2-5,9-10,13-14H2,1H3/b19-6+. The van der Waals surface area contributed by atoms with Crippen molar-refractivity contribution in [2.45, 2.75) is 64.4 Å². The Morgan fingerprint density at radius 3 is 2.56 bits per heavy atom. The number of aryl methyl sites for hydroxylation is 1. The third-order valence-corrected chi connectivity index (χ3v) is 4.80. The van der Waals surface area contributed by atoms with Crippen molar-refractivity contribution in [1.29, 1.82) is 5.26 Å². The van der Waals surface area contributed by atoms with Gasteiger partial charge >= 0.3 is 5.97 Å². The van der Waals surface area contributed by atoms with Crippen LogP contribution in [0.1, 0.15) is 67.8 Å². The van der Waals surface area contributed by atoms with Crippen molar-refractivity contribution in [3.63, 3.8) is 0 Å². The van der Waals surface area contributed by atoms with Gasteiger partial charge < -0.3 is 4.74 Å². The molecule has 1 saturated carbocycles. The van der Waals surface area contributed by atoms with E-state index in [0.29, 0.717) is 17.9 Å². The number of ether oxygens (including phenoxy) is 1. The first-order valence-corrected chi connectivity index (χ1v) is 9.18. The van der Waals surface area contributed by atoms with Crippen molar-refractivity contribution in [1.82, 2.24) is 0 Å². The first-order valence-electron chi connectivity index (χ1n) is 9.18. The van der Waals surface area contributed by atoms with Crippen molar-refractivity contribution in [2.24, 2.45) is 5.92 Å². The highest BCUT2D eigenvalue weighted by molar-refractivity contribution is 5.89. The molecule has 25 heavy (non-hydrogen) atoms. The molecule has 0 N–H and O–H groups in total. The maximum Gasteiger partial charge on any atom is 0.338 e. The quantitative estimate of drug-likeness (QED) is 0.484. The second-order valence-corrected chi connectivity index (χ2v) is 6.74. The average Bonchev–Trinajstić information content (AvgIpc) is 2.64. The van der Waals surface area contributed by atoms with Crippen LogP contribution in [0.2, 0.25) is 0 Å². The van der Waals surface area contributed by atoms with E-state index in [9.17, 15) is 9.18 Å². The van der Waals surface area contributed by atoms with Crippen molar-refractivity contribution in [3.8, 4) is 6.07 Å². The van der Waals surface area contributed by atoms with Gasteiger partial charge in [-0.1, -0.05) is 25.5 Å². The Kier molecular flexibility index (Phi) is 7.66. The fourth-order valence-corrected chi connectivity index (χ4v) is 3.35. The highest BCUT2D eigenvalue weighted by atomic mass is 19.1. The summed E-state index contributed by atoms with van der Waals surface area (Å²) in [7, 11) is 0. The highest BCUT2D eigenvalue weighted by Gasteiger charge is 2.24. The summed E-state index contributed by atoms with van der Waals surface area (Å²) in [6.45, 7) is 2.13. The van der Waals surface area contributed by atoms with E-state index in [4.69, 9.17) is 10.00 Å². The number of carbonyl (C=O) groups is 1. The molecule has 0 saturated heterocycles. The Hall–Kier alpha value is -2.15. The number of rotatable bonds is 7. The van der Waals surface area contributed by atoms with Gasteiger partial charge in [0.05, 0.1) is 5.56 Å². The van der Waals surface area contributed by atoms with Gasteiger partial charge in [-0.2, -0.15) is 9.65 Å². The van der Waals surface area contributed by atoms with E-state index in [0.717, 1.165) is 44.9 Å². The number of esters is 1. The molecule has 4 heteroatoms. The summed E-state index contributed by atoms with van der Waals surface area (Å²) < 4.78 is 18.4. The van der Waals surface area contributed by atoms with Crippen LogP contribution >= 0.6 is 0 Å². The zero-order valence-corrected chi connectivity index (χ0v) is 14.8. The van der Waals surface area contributed by atoms with E-state index in [1.54, 1.807) is 0 Å². The molecule has 2 rings (SSSR count). The van der Waals surface area contributed by atoms with Crippen LogP contribution in [-0.2, 0) is 11.2 Å². The lowest BCUT2D eigenvalue weighted by molar-refractivity contribution is 0.0162. The molecule has 3 nitrogen and oxygen atoms in total. The van der Waals surface area contributed by atoms with Crippen LogP contribution < -0.4 is 0 Å². The second kappa shape index (κ2) is 9.98. The number of hydrogen-bond acceptors (Lipinski definition) is 3. The Morgan fingerprint density at radius 1 is 1.28 bits per heavy atom. The van der Waals surface area contributed by atoms with E-state index in [1.807, 2.05) is 24.3 Å². The minimum atomic E-state index is -0.701. The molecule has 0 aliphatic heterocycles. The minimum Gasteiger partial charge on any atom is -0.459 e. The Labute approximate surface area is 149 Å². The predicted molar refractivity (Wildman–Crippen MR) is 95.6 cm³/mol. The molecule has 0 radical (unpaired) electrons. The number of nitrogens with zero attached hydrogens (tertiary/aromatic N) is 1. The number of nitriles is 1. The molecular formula is C21H26FNO2. The van der Waals surface area contributed by atoms with Crippen LogP contribution in [0, 0.1) is 17.2 Å². The van der Waals surface area contributed by atoms with Crippen molar-refractivity contribution in [2.75, 3.05) is 0 Å². The molecule has 1 aliphatic carbocycles. The maximum absolute atomic E-state index is 12.8. The molecule has 0 atom stereocenters. The van der Waals surface area contributed by atoms with Gasteiger partial charge in [0.2, 0.25) is 0 Å². The average molecular weight is 343 g/mol. The van der Waals surface area contributed by atoms with Crippen LogP contribution in [0.15, 0.2) is 36.2 Å². The molecular weight excluding hydrogens is 317 g/mol. The Bertz CT molecular complexity index is 622. The van der Waals surface area contributed by atoms with Gasteiger partial charge in [0.15, 0.2) is 5.83 Å². The molecule has 1 aromatic rings. The van der Waals surface area contributed by atoms with Gasteiger partial charge in [-0.25, -0.2) is 4.79 Å². The third-order valence-electron chi connectivity index (χ3n) is 4.80. The maximum atomic E-state index is 12.8. The number of benzene rings is 1. The summed E-state index contributed by atoms with van der Waals surface area (Å²) in [6.07, 6.45) is 8.60. The fraction of sp³-hybridized carbons (Fsp3) is 0.524. The van der Waals surface area contributed by atoms with Crippen LogP contribution in [0.25, 0.3) is 0 Å². The predicted octanol–water partition coefficient (Wildman–Crippen LogP) is 5.51. The molecule has 1 aromatic carbocycles. The number of carbonyl (C=O) groups excluding carboxylic acids is 1. The fourth-order valence-electron chi connectivity index (χ4n) is 3.35. The summed E-state index contributed by atoms with van der Waals surface area (Å²) >= 11 is 0. The topological polar surface area (TPSA) is 50.1 Å². The largest absolute Gasteiger partial charge is 0.459 e. The van der Waals surface area contributed by atoms with Gasteiger partial charge in [-0.3, -0.25) is 0 Å². The molecule has 0 aromatic heterocycles. The first kappa shape index (κ1) is 19.2. The summed E-state index contributed by atoms with van der Waals surface area (Å²) in [5.41, 5.74) is 1.85. The summed E-state index contributed by atoms with van der Waals surface area (Å²) in [4.78, 5) is 12.2. The van der Waals surface area contributed by atoms with Crippen molar-refractivity contribution < 1.29 is 13.9 Å². The second-order valence-electron chi connectivity index (χ2n) is 6.74. The molecule has 0 spiro atoms. The van der Waals surface area contributed by atoms with E-state index in [-0.39, 0.29) is 12.1 Å². The van der Waals surface area contributed by atoms with Crippen molar-refractivity contribution >= 4 is 5.97 Å². The lowest BCUT2D eigenvalue weighted by atomic mass is 9.84. The lowest BCUT2D eigenvalue weighted by Gasteiger charge is -2.28. The zero-order chi connectivity index (χ0) is 18.1. The molecule has 0 unspecified atom stereocenters. The molecule has 134 valence electrons. The number of halogens is 1. The highest BCUT2D eigenvalue weighted by Crippen LogP contribution is 2.30. The van der Waals surface area contributed by atoms with Gasteiger partial charge in [0.1, 0.15) is 12.2 Å².